The van der Waals surface area contributed by atoms with Gasteiger partial charge in [-0.25, -0.2) is 31.1 Å². The standard InChI is InChI=1S/C22H12F7NO4/c1-33-9-4-2-8(3-5-9)7-30-19-11(34-22(32)21(30)29)6-10(23)12(15(19)25)13-14(24)17(27)18(28)20(31)16(13)26/h2-6,21,31H,7H2,1H3. The van der Waals surface area contributed by atoms with Crippen molar-refractivity contribution in [1.82, 2.24) is 0 Å². The summed E-state index contributed by atoms with van der Waals surface area (Å²) in [5.74, 6) is -16.8. The molecule has 34 heavy (non-hydrogen) atoms. The number of benzene rings is 3. The van der Waals surface area contributed by atoms with Crippen LogP contribution in [0.4, 0.5) is 36.4 Å². The van der Waals surface area contributed by atoms with E-state index in [1.54, 1.807) is 0 Å². The minimum atomic E-state index is -2.62. The maximum Gasteiger partial charge on any atom is 0.367 e. The van der Waals surface area contributed by atoms with Gasteiger partial charge in [0.1, 0.15) is 17.3 Å². The summed E-state index contributed by atoms with van der Waals surface area (Å²) in [6, 6.07) is 6.18. The van der Waals surface area contributed by atoms with Crippen molar-refractivity contribution in [3.05, 3.63) is 70.8 Å². The van der Waals surface area contributed by atoms with Gasteiger partial charge in [-0.2, -0.15) is 4.39 Å². The lowest BCUT2D eigenvalue weighted by atomic mass is 9.99. The molecule has 1 heterocycles. The van der Waals surface area contributed by atoms with Crippen LogP contribution in [0.15, 0.2) is 30.3 Å². The molecule has 0 aliphatic carbocycles. The Morgan fingerprint density at radius 2 is 1.59 bits per heavy atom. The Balaban J connectivity index is 1.93. The number of halogens is 7. The molecule has 1 unspecified atom stereocenters. The molecule has 178 valence electrons. The Kier molecular flexibility index (Phi) is 5.75. The Morgan fingerprint density at radius 1 is 0.941 bits per heavy atom. The molecule has 0 fully saturated rings. The molecule has 4 rings (SSSR count). The fourth-order valence-corrected chi connectivity index (χ4v) is 3.49. The third kappa shape index (κ3) is 3.55. The number of ether oxygens (including phenoxy) is 2. The number of phenolic OH excluding ortho intramolecular Hbond substituents is 1. The summed E-state index contributed by atoms with van der Waals surface area (Å²) in [7, 11) is 1.39. The molecule has 1 aliphatic heterocycles. The number of fused-ring (bicyclic) bond motifs is 1. The predicted octanol–water partition coefficient (Wildman–Crippen LogP) is 5.12. The summed E-state index contributed by atoms with van der Waals surface area (Å²) < 4.78 is 111. The van der Waals surface area contributed by atoms with Crippen LogP contribution in [-0.4, -0.2) is 24.5 Å². The predicted molar refractivity (Wildman–Crippen MR) is 103 cm³/mol. The first-order chi connectivity index (χ1) is 16.1. The topological polar surface area (TPSA) is 59.0 Å². The van der Waals surface area contributed by atoms with Crippen molar-refractivity contribution in [1.29, 1.82) is 0 Å². The number of carbonyl (C=O) groups excluding carboxylic acids is 1. The third-order valence-corrected chi connectivity index (χ3v) is 5.13. The average molecular weight is 487 g/mol. The summed E-state index contributed by atoms with van der Waals surface area (Å²) in [5, 5.41) is 9.39. The summed E-state index contributed by atoms with van der Waals surface area (Å²) in [6.07, 6.45) is -2.62. The highest BCUT2D eigenvalue weighted by Crippen LogP contribution is 2.46. The van der Waals surface area contributed by atoms with Gasteiger partial charge in [-0.05, 0) is 17.7 Å². The van der Waals surface area contributed by atoms with Crippen molar-refractivity contribution < 1.29 is 50.1 Å². The number of aromatic hydroxyl groups is 1. The van der Waals surface area contributed by atoms with E-state index in [0.717, 1.165) is 0 Å². The monoisotopic (exact) mass is 487 g/mol. The van der Waals surface area contributed by atoms with Gasteiger partial charge >= 0.3 is 5.97 Å². The van der Waals surface area contributed by atoms with E-state index in [0.29, 0.717) is 22.3 Å². The zero-order valence-electron chi connectivity index (χ0n) is 16.9. The van der Waals surface area contributed by atoms with Gasteiger partial charge in [-0.1, -0.05) is 12.1 Å². The van der Waals surface area contributed by atoms with Gasteiger partial charge in [0.2, 0.25) is 5.82 Å². The Hall–Kier alpha value is -3.96. The Labute approximate surface area is 186 Å². The van der Waals surface area contributed by atoms with Crippen LogP contribution in [0.5, 0.6) is 17.2 Å². The number of hydrogen-bond acceptors (Lipinski definition) is 5. The van der Waals surface area contributed by atoms with Gasteiger partial charge in [-0.15, -0.1) is 0 Å². The van der Waals surface area contributed by atoms with Gasteiger partial charge in [0.25, 0.3) is 6.30 Å². The van der Waals surface area contributed by atoms with Crippen molar-refractivity contribution in [2.24, 2.45) is 0 Å². The lowest BCUT2D eigenvalue weighted by Gasteiger charge is -2.33. The van der Waals surface area contributed by atoms with Crippen LogP contribution in [0.1, 0.15) is 5.56 Å². The van der Waals surface area contributed by atoms with Gasteiger partial charge in [0, 0.05) is 12.6 Å². The van der Waals surface area contributed by atoms with E-state index in [-0.39, 0.29) is 0 Å². The molecule has 5 nitrogen and oxygen atoms in total. The fraction of sp³-hybridized carbons (Fsp3) is 0.136. The van der Waals surface area contributed by atoms with Crippen LogP contribution in [0.3, 0.4) is 0 Å². The summed E-state index contributed by atoms with van der Waals surface area (Å²) >= 11 is 0. The van der Waals surface area contributed by atoms with E-state index >= 15 is 4.39 Å². The van der Waals surface area contributed by atoms with Gasteiger partial charge in [0.05, 0.1) is 18.2 Å². The molecule has 1 N–H and O–H groups in total. The number of rotatable bonds is 4. The highest BCUT2D eigenvalue weighted by molar-refractivity contribution is 5.88. The maximum absolute atomic E-state index is 15.5. The summed E-state index contributed by atoms with van der Waals surface area (Å²) in [4.78, 5) is 12.4. The van der Waals surface area contributed by atoms with Crippen molar-refractivity contribution in [2.75, 3.05) is 12.0 Å². The first-order valence-corrected chi connectivity index (χ1v) is 9.39. The molecule has 0 spiro atoms. The van der Waals surface area contributed by atoms with E-state index in [9.17, 15) is 36.2 Å². The van der Waals surface area contributed by atoms with Crippen LogP contribution in [0.2, 0.25) is 0 Å². The second-order valence-corrected chi connectivity index (χ2v) is 7.11. The van der Waals surface area contributed by atoms with Gasteiger partial charge in [0.15, 0.2) is 34.8 Å². The molecule has 0 aromatic heterocycles. The van der Waals surface area contributed by atoms with Crippen LogP contribution < -0.4 is 14.4 Å². The Morgan fingerprint density at radius 3 is 2.21 bits per heavy atom. The smallest absolute Gasteiger partial charge is 0.367 e. The van der Waals surface area contributed by atoms with Crippen molar-refractivity contribution in [3.8, 4) is 28.4 Å². The van der Waals surface area contributed by atoms with E-state index in [2.05, 4.69) is 4.74 Å². The first-order valence-electron chi connectivity index (χ1n) is 9.39. The number of alkyl halides is 1. The normalized spacial score (nSPS) is 15.2. The Bertz CT molecular complexity index is 1290. The molecular formula is C22H12F7NO4. The number of anilines is 1. The second-order valence-electron chi connectivity index (χ2n) is 7.11. The molecule has 0 saturated carbocycles. The largest absolute Gasteiger partial charge is 0.503 e. The first kappa shape index (κ1) is 23.2. The molecule has 3 aromatic rings. The van der Waals surface area contributed by atoms with Crippen LogP contribution >= 0.6 is 0 Å². The molecule has 0 radical (unpaired) electrons. The van der Waals surface area contributed by atoms with Gasteiger partial charge in [-0.3, -0.25) is 0 Å². The summed E-state index contributed by atoms with van der Waals surface area (Å²) in [6.45, 7) is -0.497. The molecule has 3 aromatic carbocycles. The molecule has 0 amide bonds. The quantitative estimate of drug-likeness (QED) is 0.138. The molecule has 0 saturated heterocycles. The zero-order valence-corrected chi connectivity index (χ0v) is 16.9. The molecule has 1 atom stereocenters. The SMILES string of the molecule is COc1ccc(CN2c3c(cc(F)c(-c4c(F)c(O)c(F)c(F)c4F)c3F)OC(=O)C2F)cc1. The van der Waals surface area contributed by atoms with Crippen molar-refractivity contribution in [3.63, 3.8) is 0 Å². The average Bonchev–Trinajstić information content (AvgIpc) is 2.81. The zero-order chi connectivity index (χ0) is 24.9. The molecule has 12 heteroatoms. The van der Waals surface area contributed by atoms with E-state index in [4.69, 9.17) is 4.74 Å². The number of esters is 1. The van der Waals surface area contributed by atoms with Crippen LogP contribution in [0, 0.1) is 34.9 Å². The van der Waals surface area contributed by atoms with Crippen molar-refractivity contribution >= 4 is 11.7 Å². The van der Waals surface area contributed by atoms with Crippen molar-refractivity contribution in [2.45, 2.75) is 12.8 Å². The lowest BCUT2D eigenvalue weighted by molar-refractivity contribution is -0.141. The lowest BCUT2D eigenvalue weighted by Crippen LogP contribution is -2.44. The number of nitrogens with zero attached hydrogens (tertiary/aromatic N) is 1. The van der Waals surface area contributed by atoms with E-state index < -0.39 is 82.0 Å². The number of carbonyl (C=O) groups is 1. The third-order valence-electron chi connectivity index (χ3n) is 5.13. The molecule has 0 bridgehead atoms. The molecular weight excluding hydrogens is 475 g/mol. The van der Waals surface area contributed by atoms with E-state index in [1.165, 1.54) is 31.4 Å². The van der Waals surface area contributed by atoms with E-state index in [1.807, 2.05) is 0 Å². The van der Waals surface area contributed by atoms with Crippen LogP contribution in [-0.2, 0) is 11.3 Å². The maximum atomic E-state index is 15.5. The summed E-state index contributed by atoms with van der Waals surface area (Å²) in [5.41, 5.74) is -3.95. The van der Waals surface area contributed by atoms with Crippen LogP contribution in [0.25, 0.3) is 11.1 Å². The number of methoxy groups -OCH3 is 1. The fourth-order valence-electron chi connectivity index (χ4n) is 3.49. The second kappa shape index (κ2) is 8.43. The highest BCUT2D eigenvalue weighted by atomic mass is 19.2. The van der Waals surface area contributed by atoms with Gasteiger partial charge < -0.3 is 19.5 Å². The number of hydrogen-bond donors (Lipinski definition) is 1. The highest BCUT2D eigenvalue weighted by Gasteiger charge is 2.40. The minimum absolute atomic E-state index is 0.317. The minimum Gasteiger partial charge on any atom is -0.503 e. The molecule has 1 aliphatic rings. The number of phenols is 1.